The number of carbonyl (C=O) groups is 1. The lowest BCUT2D eigenvalue weighted by Gasteiger charge is -2.06. The number of aromatic amines is 1. The Labute approximate surface area is 114 Å². The quantitative estimate of drug-likeness (QED) is 0.712. The molecule has 98 valence electrons. The van der Waals surface area contributed by atoms with Crippen LogP contribution in [-0.2, 0) is 4.79 Å². The Bertz CT molecular complexity index is 840. The van der Waals surface area contributed by atoms with Crippen LogP contribution in [0.5, 0.6) is 0 Å². The SMILES string of the molecule is O=CNc1cccc(-c2n[nH]c(=O)c3ccccc23)c1. The first-order chi connectivity index (χ1) is 9.79. The maximum absolute atomic E-state index is 11.8. The van der Waals surface area contributed by atoms with Gasteiger partial charge in [0.25, 0.3) is 5.56 Å². The summed E-state index contributed by atoms with van der Waals surface area (Å²) in [5.74, 6) is 0. The zero-order valence-electron chi connectivity index (χ0n) is 10.5. The van der Waals surface area contributed by atoms with E-state index < -0.39 is 0 Å². The largest absolute Gasteiger partial charge is 0.329 e. The van der Waals surface area contributed by atoms with Crippen molar-refractivity contribution in [3.63, 3.8) is 0 Å². The Kier molecular flexibility index (Phi) is 3.01. The minimum Gasteiger partial charge on any atom is -0.329 e. The molecule has 3 rings (SSSR count). The molecule has 1 heterocycles. The summed E-state index contributed by atoms with van der Waals surface area (Å²) in [6.45, 7) is 0. The van der Waals surface area contributed by atoms with Gasteiger partial charge >= 0.3 is 0 Å². The molecule has 0 saturated heterocycles. The molecule has 0 aliphatic heterocycles. The summed E-state index contributed by atoms with van der Waals surface area (Å²) in [5, 5.41) is 10.6. The van der Waals surface area contributed by atoms with Crippen LogP contribution in [0.25, 0.3) is 22.0 Å². The summed E-state index contributed by atoms with van der Waals surface area (Å²) in [6, 6.07) is 14.6. The van der Waals surface area contributed by atoms with Gasteiger partial charge in [-0.15, -0.1) is 0 Å². The zero-order chi connectivity index (χ0) is 13.9. The molecule has 5 nitrogen and oxygen atoms in total. The first-order valence-electron chi connectivity index (χ1n) is 6.07. The highest BCUT2D eigenvalue weighted by Crippen LogP contribution is 2.25. The van der Waals surface area contributed by atoms with Crippen molar-refractivity contribution in [2.45, 2.75) is 0 Å². The van der Waals surface area contributed by atoms with Crippen molar-refractivity contribution in [2.24, 2.45) is 0 Å². The van der Waals surface area contributed by atoms with Crippen molar-refractivity contribution >= 4 is 22.9 Å². The molecule has 0 spiro atoms. The van der Waals surface area contributed by atoms with Gasteiger partial charge in [0.1, 0.15) is 0 Å². The van der Waals surface area contributed by atoms with Crippen molar-refractivity contribution in [1.29, 1.82) is 0 Å². The number of amides is 1. The number of benzene rings is 2. The van der Waals surface area contributed by atoms with Crippen LogP contribution < -0.4 is 10.9 Å². The predicted molar refractivity (Wildman–Crippen MR) is 77.5 cm³/mol. The third kappa shape index (κ3) is 2.05. The van der Waals surface area contributed by atoms with Crippen LogP contribution >= 0.6 is 0 Å². The van der Waals surface area contributed by atoms with E-state index in [4.69, 9.17) is 0 Å². The molecule has 0 aliphatic rings. The molecule has 0 saturated carbocycles. The van der Waals surface area contributed by atoms with E-state index in [0.29, 0.717) is 23.2 Å². The first-order valence-corrected chi connectivity index (χ1v) is 6.07. The van der Waals surface area contributed by atoms with Crippen LogP contribution in [-0.4, -0.2) is 16.6 Å². The molecule has 0 radical (unpaired) electrons. The molecule has 20 heavy (non-hydrogen) atoms. The standard InChI is InChI=1S/C15H11N3O2/c19-9-16-11-5-3-4-10(8-11)14-12-6-1-2-7-13(12)15(20)18-17-14/h1-9H,(H,16,19)(H,18,20). The van der Waals surface area contributed by atoms with Crippen LogP contribution in [0, 0.1) is 0 Å². The molecule has 0 bridgehead atoms. The number of nitrogens with zero attached hydrogens (tertiary/aromatic N) is 1. The predicted octanol–water partition coefficient (Wildman–Crippen LogP) is 2.16. The van der Waals surface area contributed by atoms with Gasteiger partial charge in [-0.1, -0.05) is 30.3 Å². The summed E-state index contributed by atoms with van der Waals surface area (Å²) in [5.41, 5.74) is 1.96. The Morgan fingerprint density at radius 2 is 1.85 bits per heavy atom. The molecular formula is C15H11N3O2. The van der Waals surface area contributed by atoms with E-state index in [1.807, 2.05) is 36.4 Å². The summed E-state index contributed by atoms with van der Waals surface area (Å²) < 4.78 is 0. The van der Waals surface area contributed by atoms with Gasteiger partial charge in [0.2, 0.25) is 6.41 Å². The van der Waals surface area contributed by atoms with Crippen molar-refractivity contribution in [2.75, 3.05) is 5.32 Å². The second kappa shape index (κ2) is 4.97. The van der Waals surface area contributed by atoms with Gasteiger partial charge in [-0.3, -0.25) is 9.59 Å². The number of carbonyl (C=O) groups excluding carboxylic acids is 1. The molecule has 3 aromatic rings. The van der Waals surface area contributed by atoms with Gasteiger partial charge in [0.15, 0.2) is 0 Å². The van der Waals surface area contributed by atoms with Crippen LogP contribution in [0.4, 0.5) is 5.69 Å². The van der Waals surface area contributed by atoms with Gasteiger partial charge < -0.3 is 5.32 Å². The Balaban J connectivity index is 2.24. The average molecular weight is 265 g/mol. The van der Waals surface area contributed by atoms with E-state index >= 15 is 0 Å². The lowest BCUT2D eigenvalue weighted by molar-refractivity contribution is -0.105. The Hall–Kier alpha value is -2.95. The summed E-state index contributed by atoms with van der Waals surface area (Å²) >= 11 is 0. The number of nitrogens with one attached hydrogen (secondary N) is 2. The van der Waals surface area contributed by atoms with Gasteiger partial charge in [0, 0.05) is 16.6 Å². The zero-order valence-corrected chi connectivity index (χ0v) is 10.5. The van der Waals surface area contributed by atoms with Crippen molar-refractivity contribution in [3.8, 4) is 11.3 Å². The van der Waals surface area contributed by atoms with E-state index in [9.17, 15) is 9.59 Å². The number of hydrogen-bond donors (Lipinski definition) is 2. The maximum atomic E-state index is 11.8. The van der Waals surface area contributed by atoms with Gasteiger partial charge in [-0.05, 0) is 18.2 Å². The third-order valence-corrected chi connectivity index (χ3v) is 3.06. The third-order valence-electron chi connectivity index (χ3n) is 3.06. The normalized spacial score (nSPS) is 10.4. The molecule has 0 aliphatic carbocycles. The maximum Gasteiger partial charge on any atom is 0.272 e. The van der Waals surface area contributed by atoms with E-state index in [0.717, 1.165) is 10.9 Å². The lowest BCUT2D eigenvalue weighted by Crippen LogP contribution is -2.09. The Morgan fingerprint density at radius 1 is 1.05 bits per heavy atom. The van der Waals surface area contributed by atoms with Crippen molar-refractivity contribution in [1.82, 2.24) is 10.2 Å². The number of aromatic nitrogens is 2. The number of hydrogen-bond acceptors (Lipinski definition) is 3. The highest BCUT2D eigenvalue weighted by molar-refractivity contribution is 5.94. The van der Waals surface area contributed by atoms with Crippen LogP contribution in [0.3, 0.4) is 0 Å². The van der Waals surface area contributed by atoms with Crippen LogP contribution in [0.15, 0.2) is 53.3 Å². The van der Waals surface area contributed by atoms with Crippen LogP contribution in [0.1, 0.15) is 0 Å². The van der Waals surface area contributed by atoms with Crippen LogP contribution in [0.2, 0.25) is 0 Å². The molecule has 1 aromatic heterocycles. The molecule has 0 unspecified atom stereocenters. The van der Waals surface area contributed by atoms with Gasteiger partial charge in [0.05, 0.1) is 11.1 Å². The monoisotopic (exact) mass is 265 g/mol. The smallest absolute Gasteiger partial charge is 0.272 e. The van der Waals surface area contributed by atoms with E-state index in [2.05, 4.69) is 15.5 Å². The highest BCUT2D eigenvalue weighted by atomic mass is 16.1. The van der Waals surface area contributed by atoms with E-state index in [1.54, 1.807) is 12.1 Å². The summed E-state index contributed by atoms with van der Waals surface area (Å²) in [4.78, 5) is 22.3. The minimum absolute atomic E-state index is 0.216. The first kappa shape index (κ1) is 12.1. The lowest BCUT2D eigenvalue weighted by atomic mass is 10.0. The molecule has 5 heteroatoms. The number of rotatable bonds is 3. The van der Waals surface area contributed by atoms with E-state index in [1.165, 1.54) is 0 Å². The molecule has 0 atom stereocenters. The average Bonchev–Trinajstić information content (AvgIpc) is 2.49. The van der Waals surface area contributed by atoms with Gasteiger partial charge in [-0.25, -0.2) is 5.10 Å². The van der Waals surface area contributed by atoms with Gasteiger partial charge in [-0.2, -0.15) is 5.10 Å². The van der Waals surface area contributed by atoms with Crippen molar-refractivity contribution in [3.05, 3.63) is 58.9 Å². The molecular weight excluding hydrogens is 254 g/mol. The fraction of sp³-hybridized carbons (Fsp3) is 0. The number of anilines is 1. The fourth-order valence-corrected chi connectivity index (χ4v) is 2.16. The highest BCUT2D eigenvalue weighted by Gasteiger charge is 2.08. The summed E-state index contributed by atoms with van der Waals surface area (Å²) in [7, 11) is 0. The fourth-order valence-electron chi connectivity index (χ4n) is 2.16. The minimum atomic E-state index is -0.216. The molecule has 1 amide bonds. The second-order valence-electron chi connectivity index (χ2n) is 4.29. The second-order valence-corrected chi connectivity index (χ2v) is 4.29. The number of H-pyrrole nitrogens is 1. The van der Waals surface area contributed by atoms with E-state index in [-0.39, 0.29) is 5.56 Å². The topological polar surface area (TPSA) is 74.8 Å². The molecule has 2 aromatic carbocycles. The Morgan fingerprint density at radius 3 is 2.65 bits per heavy atom. The summed E-state index contributed by atoms with van der Waals surface area (Å²) in [6.07, 6.45) is 0.623. The molecule has 0 fully saturated rings. The van der Waals surface area contributed by atoms with Crippen molar-refractivity contribution < 1.29 is 4.79 Å². The number of fused-ring (bicyclic) bond motifs is 1. The molecule has 2 N–H and O–H groups in total.